The number of aromatic nitrogens is 4. The Morgan fingerprint density at radius 2 is 2.08 bits per heavy atom. The van der Waals surface area contributed by atoms with E-state index >= 15 is 0 Å². The fraction of sp³-hybridized carbons (Fsp3) is 0.250. The molecule has 3 aromatic rings. The van der Waals surface area contributed by atoms with Crippen LogP contribution in [0.4, 0.5) is 0 Å². The Hall–Kier alpha value is -2.22. The number of nitrogens with zero attached hydrogens (tertiary/aromatic N) is 4. The fourth-order valence-corrected chi connectivity index (χ4v) is 2.33. The third-order valence-electron chi connectivity index (χ3n) is 3.67. The number of rotatable bonds is 4. The summed E-state index contributed by atoms with van der Waals surface area (Å²) in [4.78, 5) is 16.5. The van der Waals surface area contributed by atoms with Gasteiger partial charge in [-0.1, -0.05) is 11.3 Å². The molecule has 0 fully saturated rings. The van der Waals surface area contributed by atoms with Crippen LogP contribution in [0.1, 0.15) is 23.1 Å². The van der Waals surface area contributed by atoms with Gasteiger partial charge in [-0.3, -0.25) is 9.78 Å². The minimum absolute atomic E-state index is 0. The second-order valence-electron chi connectivity index (χ2n) is 5.43. The molecular weight excluding hydrogens is 363 g/mol. The summed E-state index contributed by atoms with van der Waals surface area (Å²) in [7, 11) is 0. The van der Waals surface area contributed by atoms with Gasteiger partial charge in [-0.15, -0.1) is 29.9 Å². The van der Waals surface area contributed by atoms with Crippen LogP contribution in [-0.2, 0) is 0 Å². The van der Waals surface area contributed by atoms with E-state index in [1.165, 1.54) is 0 Å². The van der Waals surface area contributed by atoms with Crippen molar-refractivity contribution < 1.29 is 4.79 Å². The van der Waals surface area contributed by atoms with Crippen molar-refractivity contribution in [1.29, 1.82) is 0 Å². The lowest BCUT2D eigenvalue weighted by Crippen LogP contribution is -2.38. The summed E-state index contributed by atoms with van der Waals surface area (Å²) < 4.78 is 1.65. The minimum atomic E-state index is -0.269. The molecule has 0 spiro atoms. The molecular formula is C16H20Cl2N6O. The van der Waals surface area contributed by atoms with Crippen LogP contribution in [0.5, 0.6) is 0 Å². The third kappa shape index (κ3) is 4.25. The highest BCUT2D eigenvalue weighted by atomic mass is 35.5. The van der Waals surface area contributed by atoms with E-state index < -0.39 is 0 Å². The summed E-state index contributed by atoms with van der Waals surface area (Å²) >= 11 is 0. The molecule has 3 N–H and O–H groups in total. The van der Waals surface area contributed by atoms with Crippen LogP contribution >= 0.6 is 24.8 Å². The van der Waals surface area contributed by atoms with Gasteiger partial charge < -0.3 is 11.1 Å². The van der Waals surface area contributed by atoms with E-state index in [1.807, 2.05) is 44.2 Å². The maximum Gasteiger partial charge on any atom is 0.274 e. The van der Waals surface area contributed by atoms with E-state index in [1.54, 1.807) is 10.9 Å². The summed E-state index contributed by atoms with van der Waals surface area (Å²) in [5, 5.41) is 11.9. The maximum atomic E-state index is 12.2. The lowest BCUT2D eigenvalue weighted by atomic mass is 10.2. The Labute approximate surface area is 157 Å². The summed E-state index contributed by atoms with van der Waals surface area (Å²) in [5.74, 6) is -0.269. The van der Waals surface area contributed by atoms with Crippen LogP contribution < -0.4 is 11.1 Å². The van der Waals surface area contributed by atoms with E-state index in [2.05, 4.69) is 20.6 Å². The molecule has 0 unspecified atom stereocenters. The van der Waals surface area contributed by atoms with E-state index in [0.29, 0.717) is 17.9 Å². The van der Waals surface area contributed by atoms with Gasteiger partial charge in [0.25, 0.3) is 5.91 Å². The highest BCUT2D eigenvalue weighted by molar-refractivity contribution is 5.93. The first-order chi connectivity index (χ1) is 11.1. The normalized spacial score (nSPS) is 11.3. The lowest BCUT2D eigenvalue weighted by Gasteiger charge is -2.10. The highest BCUT2D eigenvalue weighted by Gasteiger charge is 2.18. The summed E-state index contributed by atoms with van der Waals surface area (Å²) in [6.45, 7) is 4.03. The largest absolute Gasteiger partial charge is 0.347 e. The molecule has 0 saturated carbocycles. The molecule has 0 aliphatic heterocycles. The van der Waals surface area contributed by atoms with Gasteiger partial charge in [0.05, 0.1) is 16.9 Å². The predicted octanol–water partition coefficient (Wildman–Crippen LogP) is 2.04. The van der Waals surface area contributed by atoms with E-state index in [0.717, 1.165) is 16.6 Å². The van der Waals surface area contributed by atoms with Crippen molar-refractivity contribution in [3.8, 4) is 5.69 Å². The minimum Gasteiger partial charge on any atom is -0.347 e. The van der Waals surface area contributed by atoms with E-state index in [9.17, 15) is 4.79 Å². The molecule has 1 aromatic carbocycles. The Morgan fingerprint density at radius 3 is 2.80 bits per heavy atom. The number of amides is 1. The zero-order chi connectivity index (χ0) is 16.4. The van der Waals surface area contributed by atoms with Crippen molar-refractivity contribution in [1.82, 2.24) is 25.3 Å². The second kappa shape index (κ2) is 8.75. The van der Waals surface area contributed by atoms with Crippen LogP contribution in [0.2, 0.25) is 0 Å². The quantitative estimate of drug-likeness (QED) is 0.719. The molecule has 134 valence electrons. The number of benzene rings is 1. The van der Waals surface area contributed by atoms with Crippen LogP contribution in [0, 0.1) is 6.92 Å². The van der Waals surface area contributed by atoms with Crippen LogP contribution in [-0.4, -0.2) is 38.5 Å². The van der Waals surface area contributed by atoms with Crippen molar-refractivity contribution >= 4 is 41.6 Å². The monoisotopic (exact) mass is 382 g/mol. The first-order valence-electron chi connectivity index (χ1n) is 7.38. The number of hydrogen-bond donors (Lipinski definition) is 2. The number of nitrogens with one attached hydrogen (secondary N) is 1. The highest BCUT2D eigenvalue weighted by Crippen LogP contribution is 2.18. The standard InChI is InChI=1S/C16H18N6O.2ClH/c1-10(9-17)19-16(23)15-11(2)22(21-20-15)13-5-6-14-12(8-13)4-3-7-18-14;;/h3-8,10H,9,17H2,1-2H3,(H,19,23);2*1H/t10-;;/m0../s1. The van der Waals surface area contributed by atoms with Crippen molar-refractivity contribution in [2.75, 3.05) is 6.54 Å². The summed E-state index contributed by atoms with van der Waals surface area (Å²) in [6, 6.07) is 9.54. The summed E-state index contributed by atoms with van der Waals surface area (Å²) in [6.07, 6.45) is 1.75. The number of carbonyl (C=O) groups is 1. The average molecular weight is 383 g/mol. The third-order valence-corrected chi connectivity index (χ3v) is 3.67. The molecule has 2 aromatic heterocycles. The van der Waals surface area contributed by atoms with Crippen molar-refractivity contribution in [3.63, 3.8) is 0 Å². The van der Waals surface area contributed by atoms with Gasteiger partial charge in [-0.05, 0) is 38.1 Å². The zero-order valence-corrected chi connectivity index (χ0v) is 15.5. The van der Waals surface area contributed by atoms with Crippen molar-refractivity contribution in [3.05, 3.63) is 47.9 Å². The molecule has 1 atom stereocenters. The Morgan fingerprint density at radius 1 is 1.32 bits per heavy atom. The molecule has 0 bridgehead atoms. The number of pyridine rings is 1. The number of carbonyl (C=O) groups excluding carboxylic acids is 1. The van der Waals surface area contributed by atoms with E-state index in [4.69, 9.17) is 5.73 Å². The molecule has 1 amide bonds. The van der Waals surface area contributed by atoms with Crippen molar-refractivity contribution in [2.24, 2.45) is 5.73 Å². The first-order valence-corrected chi connectivity index (χ1v) is 7.38. The van der Waals surface area contributed by atoms with Gasteiger partial charge in [0.15, 0.2) is 5.69 Å². The summed E-state index contributed by atoms with van der Waals surface area (Å²) in [5.41, 5.74) is 8.24. The van der Waals surface area contributed by atoms with Crippen LogP contribution in [0.25, 0.3) is 16.6 Å². The van der Waals surface area contributed by atoms with Gasteiger partial charge in [0.2, 0.25) is 0 Å². The fourth-order valence-electron chi connectivity index (χ4n) is 2.33. The molecule has 2 heterocycles. The van der Waals surface area contributed by atoms with Gasteiger partial charge >= 0.3 is 0 Å². The van der Waals surface area contributed by atoms with Crippen molar-refractivity contribution in [2.45, 2.75) is 19.9 Å². The SMILES string of the molecule is Cc1c(C(=O)N[C@@H](C)CN)nnn1-c1ccc2ncccc2c1.Cl.Cl. The van der Waals surface area contributed by atoms with Gasteiger partial charge in [0.1, 0.15) is 0 Å². The number of nitrogens with two attached hydrogens (primary N) is 1. The molecule has 9 heteroatoms. The zero-order valence-electron chi connectivity index (χ0n) is 13.8. The second-order valence-corrected chi connectivity index (χ2v) is 5.43. The van der Waals surface area contributed by atoms with Gasteiger partial charge in [-0.25, -0.2) is 4.68 Å². The number of halogens is 2. The average Bonchev–Trinajstić information content (AvgIpc) is 2.96. The van der Waals surface area contributed by atoms with Crippen LogP contribution in [0.3, 0.4) is 0 Å². The van der Waals surface area contributed by atoms with Gasteiger partial charge in [0, 0.05) is 24.2 Å². The molecule has 0 saturated heterocycles. The molecule has 0 aliphatic carbocycles. The number of hydrogen-bond acceptors (Lipinski definition) is 5. The molecule has 25 heavy (non-hydrogen) atoms. The molecule has 3 rings (SSSR count). The molecule has 7 nitrogen and oxygen atoms in total. The number of fused-ring (bicyclic) bond motifs is 1. The topological polar surface area (TPSA) is 98.7 Å². The van der Waals surface area contributed by atoms with Crippen LogP contribution in [0.15, 0.2) is 36.5 Å². The Bertz CT molecular complexity index is 867. The van der Waals surface area contributed by atoms with Gasteiger partial charge in [-0.2, -0.15) is 0 Å². The lowest BCUT2D eigenvalue weighted by molar-refractivity contribution is 0.0935. The first kappa shape index (κ1) is 20.8. The molecule has 0 radical (unpaired) electrons. The van der Waals surface area contributed by atoms with E-state index in [-0.39, 0.29) is 36.8 Å². The predicted molar refractivity (Wildman–Crippen MR) is 102 cm³/mol. The Balaban J connectivity index is 0.00000156. The Kier molecular flexibility index (Phi) is 7.29. The smallest absolute Gasteiger partial charge is 0.274 e. The maximum absolute atomic E-state index is 12.2. The molecule has 0 aliphatic rings.